The summed E-state index contributed by atoms with van der Waals surface area (Å²) in [6.07, 6.45) is -3.19. The van der Waals surface area contributed by atoms with Crippen molar-refractivity contribution in [3.05, 3.63) is 0 Å². The molecule has 2 nitrogen and oxygen atoms in total. The second kappa shape index (κ2) is 6.07. The Morgan fingerprint density at radius 3 is 2.47 bits per heavy atom. The molecule has 0 aromatic heterocycles. The van der Waals surface area contributed by atoms with Crippen molar-refractivity contribution < 1.29 is 22.7 Å². The van der Waals surface area contributed by atoms with E-state index in [1.54, 1.807) is 0 Å². The van der Waals surface area contributed by atoms with Gasteiger partial charge in [0.2, 0.25) is 0 Å². The third-order valence-electron chi connectivity index (χ3n) is 4.54. The molecule has 0 aliphatic heterocycles. The van der Waals surface area contributed by atoms with Gasteiger partial charge in [-0.3, -0.25) is 0 Å². The number of carbonyl (C=O) groups excluding carboxylic acids is 1. The summed E-state index contributed by atoms with van der Waals surface area (Å²) in [6, 6.07) is 0. The predicted octanol–water partition coefficient (Wildman–Crippen LogP) is 4.34. The van der Waals surface area contributed by atoms with Crippen LogP contribution in [-0.2, 0) is 9.53 Å². The van der Waals surface area contributed by atoms with E-state index >= 15 is 0 Å². The Labute approximate surface area is 133 Å². The number of hydrogen-bond acceptors (Lipinski definition) is 2. The Bertz CT molecular complexity index is 350. The van der Waals surface area contributed by atoms with Gasteiger partial charge in [0.25, 0.3) is 0 Å². The van der Waals surface area contributed by atoms with E-state index in [2.05, 4.69) is 50.2 Å². The van der Waals surface area contributed by atoms with Gasteiger partial charge in [0.15, 0.2) is 0 Å². The van der Waals surface area contributed by atoms with Crippen LogP contribution >= 0.6 is 38.5 Å². The first-order valence-corrected chi connectivity index (χ1v) is 8.61. The van der Waals surface area contributed by atoms with Crippen LogP contribution in [0.2, 0.25) is 0 Å². The van der Waals surface area contributed by atoms with Crippen LogP contribution < -0.4 is 0 Å². The summed E-state index contributed by atoms with van der Waals surface area (Å²) < 4.78 is 42.0. The lowest BCUT2D eigenvalue weighted by Gasteiger charge is -2.42. The van der Waals surface area contributed by atoms with E-state index in [1.165, 1.54) is 0 Å². The second-order valence-electron chi connectivity index (χ2n) is 5.58. The van der Waals surface area contributed by atoms with Crippen LogP contribution in [0.25, 0.3) is 0 Å². The summed E-state index contributed by atoms with van der Waals surface area (Å²) in [5.74, 6) is -1.68. The largest absolute Gasteiger partial charge is 0.490 e. The number of rotatable bonds is 4. The molecule has 112 valence electrons. The van der Waals surface area contributed by atoms with Crippen molar-refractivity contribution in [3.63, 3.8) is 0 Å². The van der Waals surface area contributed by atoms with Crippen LogP contribution in [0.5, 0.6) is 0 Å². The van der Waals surface area contributed by atoms with Gasteiger partial charge in [0.1, 0.15) is 0 Å². The first-order valence-electron chi connectivity index (χ1n) is 5.96. The van der Waals surface area contributed by atoms with Crippen molar-refractivity contribution in [2.24, 2.45) is 16.7 Å². The molecule has 3 unspecified atom stereocenters. The van der Waals surface area contributed by atoms with Crippen LogP contribution in [0, 0.1) is 16.7 Å². The van der Waals surface area contributed by atoms with Gasteiger partial charge in [0, 0.05) is 15.2 Å². The van der Waals surface area contributed by atoms with Gasteiger partial charge >= 0.3 is 12.1 Å². The summed E-state index contributed by atoms with van der Waals surface area (Å²) in [5, 5.41) is 0.688. The van der Waals surface area contributed by atoms with Crippen molar-refractivity contribution in [1.82, 2.24) is 0 Å². The van der Waals surface area contributed by atoms with Crippen molar-refractivity contribution in [2.45, 2.75) is 32.9 Å². The molecule has 0 radical (unpaired) electrons. The molecule has 0 aromatic rings. The fraction of sp³-hybridized carbons (Fsp3) is 0.917. The normalized spacial score (nSPS) is 35.4. The lowest BCUT2D eigenvalue weighted by atomic mass is 9.66. The zero-order valence-corrected chi connectivity index (χ0v) is 14.6. The van der Waals surface area contributed by atoms with Crippen molar-refractivity contribution in [1.29, 1.82) is 0 Å². The van der Waals surface area contributed by atoms with Gasteiger partial charge in [-0.05, 0) is 24.2 Å². The van der Waals surface area contributed by atoms with E-state index in [1.807, 2.05) is 6.92 Å². The molecule has 0 saturated heterocycles. The monoisotopic (exact) mass is 456 g/mol. The molecule has 0 bridgehead atoms. The van der Waals surface area contributed by atoms with Crippen LogP contribution in [0.4, 0.5) is 13.2 Å². The molecule has 19 heavy (non-hydrogen) atoms. The summed E-state index contributed by atoms with van der Waals surface area (Å²) in [6.45, 7) is 3.78. The number of ether oxygens (including phenoxy) is 1. The topological polar surface area (TPSA) is 26.3 Å². The molecule has 1 aliphatic carbocycles. The minimum Gasteiger partial charge on any atom is -0.458 e. The van der Waals surface area contributed by atoms with Crippen molar-refractivity contribution in [2.75, 3.05) is 16.4 Å². The minimum atomic E-state index is -4.91. The molecule has 0 aromatic carbocycles. The molecule has 0 amide bonds. The predicted molar refractivity (Wildman–Crippen MR) is 78.6 cm³/mol. The molecule has 0 heterocycles. The highest BCUT2D eigenvalue weighted by atomic mass is 127. The number of alkyl halides is 5. The van der Waals surface area contributed by atoms with E-state index in [9.17, 15) is 18.0 Å². The number of esters is 1. The number of hydrogen-bond donors (Lipinski definition) is 0. The summed E-state index contributed by atoms with van der Waals surface area (Å²) >= 11 is 5.77. The molecule has 1 rings (SSSR count). The van der Waals surface area contributed by atoms with Gasteiger partial charge in [-0.25, -0.2) is 4.79 Å². The average Bonchev–Trinajstić information content (AvgIpc) is 2.59. The van der Waals surface area contributed by atoms with E-state index in [-0.39, 0.29) is 12.0 Å². The summed E-state index contributed by atoms with van der Waals surface area (Å²) in [5.41, 5.74) is -0.590. The molecule has 0 spiro atoms. The quantitative estimate of drug-likeness (QED) is 0.357. The minimum absolute atomic E-state index is 0.167. The first-order chi connectivity index (χ1) is 8.60. The van der Waals surface area contributed by atoms with Crippen LogP contribution in [-0.4, -0.2) is 28.5 Å². The SMILES string of the molecule is CC1(COC(=O)C(F)(F)F)CCC(CI)C1(C)CBr. The van der Waals surface area contributed by atoms with Gasteiger partial charge in [-0.2, -0.15) is 13.2 Å². The zero-order chi connectivity index (χ0) is 14.9. The average molecular weight is 457 g/mol. The third-order valence-corrected chi connectivity index (χ3v) is 6.77. The van der Waals surface area contributed by atoms with Crippen molar-refractivity contribution in [3.8, 4) is 0 Å². The number of halogens is 5. The van der Waals surface area contributed by atoms with Gasteiger partial charge in [-0.1, -0.05) is 52.4 Å². The van der Waals surface area contributed by atoms with E-state index in [0.717, 1.165) is 17.3 Å². The molecular weight excluding hydrogens is 440 g/mol. The van der Waals surface area contributed by atoms with Gasteiger partial charge in [0.05, 0.1) is 6.61 Å². The molecule has 3 atom stereocenters. The number of carbonyl (C=O) groups is 1. The van der Waals surface area contributed by atoms with E-state index < -0.39 is 17.6 Å². The van der Waals surface area contributed by atoms with Crippen LogP contribution in [0.15, 0.2) is 0 Å². The zero-order valence-electron chi connectivity index (χ0n) is 10.8. The van der Waals surface area contributed by atoms with E-state index in [4.69, 9.17) is 0 Å². The highest BCUT2D eigenvalue weighted by Gasteiger charge is 2.54. The Kier molecular flexibility index (Phi) is 5.60. The van der Waals surface area contributed by atoms with Gasteiger partial charge in [-0.15, -0.1) is 0 Å². The molecular formula is C12H17BrF3IO2. The maximum Gasteiger partial charge on any atom is 0.490 e. The molecule has 1 aliphatic rings. The Morgan fingerprint density at radius 1 is 1.47 bits per heavy atom. The Balaban J connectivity index is 2.79. The maximum absolute atomic E-state index is 12.2. The fourth-order valence-corrected chi connectivity index (χ4v) is 5.20. The second-order valence-corrected chi connectivity index (χ2v) is 7.02. The molecule has 7 heteroatoms. The lowest BCUT2D eigenvalue weighted by Crippen LogP contribution is -2.43. The van der Waals surface area contributed by atoms with Crippen LogP contribution in [0.1, 0.15) is 26.7 Å². The van der Waals surface area contributed by atoms with Crippen molar-refractivity contribution >= 4 is 44.5 Å². The summed E-state index contributed by atoms with van der Waals surface area (Å²) in [4.78, 5) is 10.9. The lowest BCUT2D eigenvalue weighted by molar-refractivity contribution is -0.204. The Hall–Kier alpha value is 0.470. The van der Waals surface area contributed by atoms with E-state index in [0.29, 0.717) is 11.2 Å². The molecule has 1 saturated carbocycles. The summed E-state index contributed by atoms with van der Waals surface area (Å²) in [7, 11) is 0. The van der Waals surface area contributed by atoms with Crippen LogP contribution in [0.3, 0.4) is 0 Å². The fourth-order valence-electron chi connectivity index (χ4n) is 2.65. The smallest absolute Gasteiger partial charge is 0.458 e. The third kappa shape index (κ3) is 3.39. The molecule has 0 N–H and O–H groups in total. The van der Waals surface area contributed by atoms with Gasteiger partial charge < -0.3 is 4.74 Å². The highest BCUT2D eigenvalue weighted by Crippen LogP contribution is 2.57. The Morgan fingerprint density at radius 2 is 2.05 bits per heavy atom. The first kappa shape index (κ1) is 17.5. The highest BCUT2D eigenvalue weighted by molar-refractivity contribution is 14.1. The maximum atomic E-state index is 12.2. The standard InChI is InChI=1S/C12H17BrF3IO2/c1-10(7-19-9(18)12(14,15)16)4-3-8(5-17)11(10,2)6-13/h8H,3-7H2,1-2H3. The molecule has 1 fully saturated rings.